The van der Waals surface area contributed by atoms with Gasteiger partial charge in [0.2, 0.25) is 0 Å². The van der Waals surface area contributed by atoms with E-state index in [1.165, 1.54) is 5.57 Å². The molecule has 0 aromatic carbocycles. The SMILES string of the molecule is CC[Si](CC)(CC)OC(C)(C)CCCC1(C)[C@H]2C(=O)C=C(OC)[C@@]3(CC=C(C)C)C[C@H]1O[C@@]23OC. The van der Waals surface area contributed by atoms with Gasteiger partial charge in [0.25, 0.3) is 0 Å². The predicted octanol–water partition coefficient (Wildman–Crippen LogP) is 7.18. The van der Waals surface area contributed by atoms with Crippen molar-refractivity contribution in [2.45, 2.75) is 123 Å². The molecule has 0 aromatic heterocycles. The Bertz CT molecular complexity index is 847. The van der Waals surface area contributed by atoms with Gasteiger partial charge in [-0.1, -0.05) is 39.3 Å². The van der Waals surface area contributed by atoms with Crippen LogP contribution in [0, 0.1) is 16.7 Å². The van der Waals surface area contributed by atoms with Gasteiger partial charge < -0.3 is 18.6 Å². The van der Waals surface area contributed by atoms with E-state index in [1.807, 2.05) is 0 Å². The summed E-state index contributed by atoms with van der Waals surface area (Å²) < 4.78 is 25.6. The number of fused-ring (bicyclic) bond motifs is 1. The Balaban J connectivity index is 1.85. The van der Waals surface area contributed by atoms with E-state index in [0.717, 1.165) is 50.2 Å². The lowest BCUT2D eigenvalue weighted by atomic mass is 9.50. The van der Waals surface area contributed by atoms with Crippen molar-refractivity contribution in [1.82, 2.24) is 0 Å². The molecule has 0 spiro atoms. The molecular formula is C29H50O5Si. The Labute approximate surface area is 215 Å². The van der Waals surface area contributed by atoms with Gasteiger partial charge in [0.05, 0.1) is 30.1 Å². The van der Waals surface area contributed by atoms with E-state index in [1.54, 1.807) is 20.3 Å². The molecular weight excluding hydrogens is 456 g/mol. The van der Waals surface area contributed by atoms with Gasteiger partial charge in [-0.05, 0) is 77.9 Å². The maximum Gasteiger partial charge on any atom is 0.192 e. The van der Waals surface area contributed by atoms with Gasteiger partial charge in [-0.25, -0.2) is 0 Å². The molecule has 1 unspecified atom stereocenters. The second-order valence-electron chi connectivity index (χ2n) is 12.3. The first-order valence-corrected chi connectivity index (χ1v) is 16.2. The van der Waals surface area contributed by atoms with Gasteiger partial charge >= 0.3 is 0 Å². The molecule has 3 aliphatic rings. The van der Waals surface area contributed by atoms with Crippen LogP contribution >= 0.6 is 0 Å². The highest BCUT2D eigenvalue weighted by Gasteiger charge is 2.80. The van der Waals surface area contributed by atoms with E-state index in [-0.39, 0.29) is 28.8 Å². The molecule has 1 aliphatic carbocycles. The molecule has 2 heterocycles. The largest absolute Gasteiger partial charge is 0.500 e. The van der Waals surface area contributed by atoms with Crippen molar-refractivity contribution in [3.8, 4) is 0 Å². The molecule has 0 radical (unpaired) electrons. The van der Waals surface area contributed by atoms with Crippen LogP contribution in [0.3, 0.4) is 0 Å². The van der Waals surface area contributed by atoms with E-state index in [0.29, 0.717) is 5.76 Å². The quantitative estimate of drug-likeness (QED) is 0.196. The molecule has 35 heavy (non-hydrogen) atoms. The fourth-order valence-corrected chi connectivity index (χ4v) is 10.6. The number of hydrogen-bond acceptors (Lipinski definition) is 5. The van der Waals surface area contributed by atoms with Crippen LogP contribution in [0.4, 0.5) is 0 Å². The maximum atomic E-state index is 13.6. The van der Waals surface area contributed by atoms with Crippen molar-refractivity contribution in [2.75, 3.05) is 14.2 Å². The second-order valence-corrected chi connectivity index (χ2v) is 17.0. The summed E-state index contributed by atoms with van der Waals surface area (Å²) in [5.74, 6) is -0.526. The minimum atomic E-state index is -1.68. The summed E-state index contributed by atoms with van der Waals surface area (Å²) >= 11 is 0. The highest BCUT2D eigenvalue weighted by Crippen LogP contribution is 2.72. The lowest BCUT2D eigenvalue weighted by Gasteiger charge is -2.54. The molecule has 2 bridgehead atoms. The molecule has 5 atom stereocenters. The van der Waals surface area contributed by atoms with Gasteiger partial charge in [0.15, 0.2) is 19.9 Å². The summed E-state index contributed by atoms with van der Waals surface area (Å²) in [6.45, 7) is 17.8. The zero-order chi connectivity index (χ0) is 26.3. The van der Waals surface area contributed by atoms with Crippen molar-refractivity contribution in [3.05, 3.63) is 23.5 Å². The Morgan fingerprint density at radius 3 is 2.34 bits per heavy atom. The first-order chi connectivity index (χ1) is 16.3. The van der Waals surface area contributed by atoms with E-state index in [9.17, 15) is 4.79 Å². The lowest BCUT2D eigenvalue weighted by molar-refractivity contribution is -0.255. The Morgan fingerprint density at radius 2 is 1.83 bits per heavy atom. The molecule has 2 saturated heterocycles. The topological polar surface area (TPSA) is 54.0 Å². The maximum absolute atomic E-state index is 13.6. The van der Waals surface area contributed by atoms with Crippen molar-refractivity contribution < 1.29 is 23.4 Å². The van der Waals surface area contributed by atoms with Crippen LogP contribution in [0.25, 0.3) is 0 Å². The van der Waals surface area contributed by atoms with Crippen molar-refractivity contribution >= 4 is 14.1 Å². The van der Waals surface area contributed by atoms with Gasteiger partial charge in [-0.2, -0.15) is 0 Å². The number of ether oxygens (including phenoxy) is 3. The van der Waals surface area contributed by atoms with Crippen LogP contribution in [0.15, 0.2) is 23.5 Å². The Morgan fingerprint density at radius 1 is 1.20 bits per heavy atom. The van der Waals surface area contributed by atoms with Crippen LogP contribution in [0.5, 0.6) is 0 Å². The van der Waals surface area contributed by atoms with Crippen molar-refractivity contribution in [3.63, 3.8) is 0 Å². The molecule has 3 rings (SSSR count). The van der Waals surface area contributed by atoms with E-state index in [4.69, 9.17) is 18.6 Å². The summed E-state index contributed by atoms with van der Waals surface area (Å²) in [5.41, 5.74) is 0.345. The third kappa shape index (κ3) is 4.51. The predicted molar refractivity (Wildman–Crippen MR) is 144 cm³/mol. The highest BCUT2D eigenvalue weighted by atomic mass is 28.4. The number of carbonyl (C=O) groups excluding carboxylic acids is 1. The molecule has 0 N–H and O–H groups in total. The number of carbonyl (C=O) groups is 1. The minimum absolute atomic E-state index is 0.0415. The molecule has 5 nitrogen and oxygen atoms in total. The standard InChI is InChI=1S/C29H50O5Si/c1-11-35(12-2,13-3)34-26(6,7)16-14-17-27(8)24-20-28(18-15-21(4)5)23(31-9)19-22(30)25(27)29(28,32-10)33-24/h15,19,24-25H,11-14,16-18,20H2,1-10H3/t24-,25-,27?,28-,29+/m1/s1. The van der Waals surface area contributed by atoms with Crippen LogP contribution < -0.4 is 0 Å². The monoisotopic (exact) mass is 506 g/mol. The van der Waals surface area contributed by atoms with Crippen molar-refractivity contribution in [1.29, 1.82) is 0 Å². The van der Waals surface area contributed by atoms with Gasteiger partial charge in [0, 0.05) is 18.6 Å². The second kappa shape index (κ2) is 10.1. The summed E-state index contributed by atoms with van der Waals surface area (Å²) in [6, 6.07) is 3.48. The fourth-order valence-electron chi connectivity index (χ4n) is 7.42. The number of rotatable bonds is 13. The zero-order valence-corrected chi connectivity index (χ0v) is 25.0. The number of hydrogen-bond donors (Lipinski definition) is 0. The van der Waals surface area contributed by atoms with E-state index >= 15 is 0 Å². The molecule has 0 aromatic rings. The summed E-state index contributed by atoms with van der Waals surface area (Å²) in [6.07, 6.45) is 8.37. The molecule has 2 aliphatic heterocycles. The summed E-state index contributed by atoms with van der Waals surface area (Å²) in [4.78, 5) is 13.6. The molecule has 6 heteroatoms. The summed E-state index contributed by atoms with van der Waals surface area (Å²) in [7, 11) is 1.68. The normalized spacial score (nSPS) is 34.2. The fraction of sp³-hybridized carbons (Fsp3) is 0.828. The lowest BCUT2D eigenvalue weighted by Crippen LogP contribution is -2.62. The molecule has 200 valence electrons. The van der Waals surface area contributed by atoms with Crippen LogP contribution in [-0.2, 0) is 23.4 Å². The Hall–Kier alpha value is -0.953. The average molecular weight is 507 g/mol. The van der Waals surface area contributed by atoms with E-state index < -0.39 is 19.5 Å². The van der Waals surface area contributed by atoms with E-state index in [2.05, 4.69) is 61.5 Å². The average Bonchev–Trinajstić information content (AvgIpc) is 3.29. The first kappa shape index (κ1) is 28.6. The highest BCUT2D eigenvalue weighted by molar-refractivity contribution is 6.73. The number of ketones is 1. The van der Waals surface area contributed by atoms with Gasteiger partial charge in [-0.15, -0.1) is 0 Å². The van der Waals surface area contributed by atoms with Crippen LogP contribution in [-0.4, -0.2) is 45.8 Å². The molecule has 2 fully saturated rings. The van der Waals surface area contributed by atoms with Crippen LogP contribution in [0.2, 0.25) is 18.1 Å². The van der Waals surface area contributed by atoms with Crippen LogP contribution in [0.1, 0.15) is 87.5 Å². The van der Waals surface area contributed by atoms with Gasteiger partial charge in [-0.3, -0.25) is 4.79 Å². The first-order valence-electron chi connectivity index (χ1n) is 13.7. The minimum Gasteiger partial charge on any atom is -0.500 e. The number of allylic oxidation sites excluding steroid dienone is 3. The smallest absolute Gasteiger partial charge is 0.192 e. The third-order valence-corrected chi connectivity index (χ3v) is 14.5. The van der Waals surface area contributed by atoms with Gasteiger partial charge in [0.1, 0.15) is 5.76 Å². The number of methoxy groups -OCH3 is 2. The molecule has 0 amide bonds. The zero-order valence-electron chi connectivity index (χ0n) is 24.0. The summed E-state index contributed by atoms with van der Waals surface area (Å²) in [5, 5.41) is 0. The molecule has 0 saturated carbocycles. The Kier molecular flexibility index (Phi) is 8.24. The third-order valence-electron chi connectivity index (χ3n) is 9.62. The van der Waals surface area contributed by atoms with Crippen molar-refractivity contribution in [2.24, 2.45) is 16.7 Å².